The van der Waals surface area contributed by atoms with Crippen molar-refractivity contribution in [1.29, 1.82) is 0 Å². The van der Waals surface area contributed by atoms with Gasteiger partial charge in [0.2, 0.25) is 0 Å². The van der Waals surface area contributed by atoms with Gasteiger partial charge in [-0.05, 0) is 24.3 Å². The van der Waals surface area contributed by atoms with E-state index in [9.17, 15) is 18.4 Å². The van der Waals surface area contributed by atoms with Crippen LogP contribution in [0.2, 0.25) is 0 Å². The Balaban J connectivity index is 2.21. The summed E-state index contributed by atoms with van der Waals surface area (Å²) in [7, 11) is 0. The fourth-order valence-electron chi connectivity index (χ4n) is 1.74. The van der Waals surface area contributed by atoms with Crippen molar-refractivity contribution in [2.24, 2.45) is 0 Å². The van der Waals surface area contributed by atoms with E-state index in [1.807, 2.05) is 0 Å². The largest absolute Gasteiger partial charge is 0.324 e. The third-order valence-corrected chi connectivity index (χ3v) is 3.18. The molecule has 2 amide bonds. The molecule has 2 rings (SSSR count). The molecule has 2 aromatic carbocycles. The number of hydrogen-bond donors (Lipinski definition) is 2. The fourth-order valence-corrected chi connectivity index (χ4v) is 1.85. The highest BCUT2D eigenvalue weighted by atomic mass is 35.5. The maximum absolute atomic E-state index is 14.0. The Morgan fingerprint density at radius 2 is 1.52 bits per heavy atom. The standard InChI is InChI=1S/C15H10Cl2F2N2O2/c16-13(17)15(23)20-9-6-10(18)12(11(19)7-9)21-14(22)8-4-2-1-3-5-8/h1-7,13H,(H,20,23)(H,21,22). The van der Waals surface area contributed by atoms with E-state index in [2.05, 4.69) is 10.6 Å². The van der Waals surface area contributed by atoms with Crippen molar-refractivity contribution in [3.8, 4) is 0 Å². The van der Waals surface area contributed by atoms with Gasteiger partial charge in [-0.15, -0.1) is 0 Å². The number of alkyl halides is 2. The Morgan fingerprint density at radius 3 is 2.04 bits per heavy atom. The van der Waals surface area contributed by atoms with Gasteiger partial charge in [0.1, 0.15) is 5.69 Å². The van der Waals surface area contributed by atoms with Crippen molar-refractivity contribution in [3.63, 3.8) is 0 Å². The molecular formula is C15H10Cl2F2N2O2. The summed E-state index contributed by atoms with van der Waals surface area (Å²) in [4.78, 5) is 21.8. The van der Waals surface area contributed by atoms with Crippen LogP contribution in [0.15, 0.2) is 42.5 Å². The van der Waals surface area contributed by atoms with Gasteiger partial charge >= 0.3 is 0 Å². The number of benzene rings is 2. The summed E-state index contributed by atoms with van der Waals surface area (Å²) in [5.74, 6) is -3.59. The molecule has 0 aliphatic carbocycles. The van der Waals surface area contributed by atoms with E-state index in [0.29, 0.717) is 0 Å². The van der Waals surface area contributed by atoms with Gasteiger partial charge < -0.3 is 10.6 Å². The number of rotatable bonds is 4. The number of carbonyl (C=O) groups excluding carboxylic acids is 2. The topological polar surface area (TPSA) is 58.2 Å². The first-order chi connectivity index (χ1) is 10.9. The van der Waals surface area contributed by atoms with E-state index in [1.165, 1.54) is 12.1 Å². The van der Waals surface area contributed by atoms with E-state index in [1.54, 1.807) is 18.2 Å². The molecule has 0 aliphatic heterocycles. The van der Waals surface area contributed by atoms with Crippen LogP contribution in [0.5, 0.6) is 0 Å². The Kier molecular flexibility index (Phi) is 5.52. The minimum atomic E-state index is -1.38. The van der Waals surface area contributed by atoms with Crippen LogP contribution in [0.3, 0.4) is 0 Å². The first-order valence-corrected chi connectivity index (χ1v) is 7.20. The van der Waals surface area contributed by atoms with Crippen LogP contribution in [-0.4, -0.2) is 16.7 Å². The van der Waals surface area contributed by atoms with Crippen molar-refractivity contribution < 1.29 is 18.4 Å². The smallest absolute Gasteiger partial charge is 0.257 e. The van der Waals surface area contributed by atoms with Gasteiger partial charge in [0.15, 0.2) is 16.5 Å². The zero-order valence-electron chi connectivity index (χ0n) is 11.4. The lowest BCUT2D eigenvalue weighted by molar-refractivity contribution is -0.114. The molecule has 0 unspecified atom stereocenters. The monoisotopic (exact) mass is 358 g/mol. The molecule has 0 radical (unpaired) electrons. The first kappa shape index (κ1) is 17.2. The summed E-state index contributed by atoms with van der Waals surface area (Å²) < 4.78 is 27.9. The van der Waals surface area contributed by atoms with Crippen LogP contribution in [0.25, 0.3) is 0 Å². The SMILES string of the molecule is O=C(Nc1c(F)cc(NC(=O)C(Cl)Cl)cc1F)c1ccccc1. The normalized spacial score (nSPS) is 10.5. The van der Waals surface area contributed by atoms with Crippen molar-refractivity contribution >= 4 is 46.4 Å². The molecule has 120 valence electrons. The van der Waals surface area contributed by atoms with Gasteiger partial charge in [-0.1, -0.05) is 41.4 Å². The third kappa shape index (κ3) is 4.40. The summed E-state index contributed by atoms with van der Waals surface area (Å²) in [6, 6.07) is 9.64. The molecule has 0 atom stereocenters. The molecule has 0 bridgehead atoms. The van der Waals surface area contributed by atoms with Crippen molar-refractivity contribution in [1.82, 2.24) is 0 Å². The average molecular weight is 359 g/mol. The van der Waals surface area contributed by atoms with Crippen LogP contribution < -0.4 is 10.6 Å². The summed E-state index contributed by atoms with van der Waals surface area (Å²) in [6.45, 7) is 0. The quantitative estimate of drug-likeness (QED) is 0.812. The lowest BCUT2D eigenvalue weighted by Gasteiger charge is -2.11. The maximum atomic E-state index is 14.0. The minimum Gasteiger partial charge on any atom is -0.324 e. The Hall–Kier alpha value is -2.18. The molecule has 0 aliphatic rings. The molecule has 0 spiro atoms. The summed E-state index contributed by atoms with van der Waals surface area (Å²) in [5, 5.41) is 4.28. The van der Waals surface area contributed by atoms with Gasteiger partial charge in [0, 0.05) is 11.3 Å². The molecule has 8 heteroatoms. The zero-order chi connectivity index (χ0) is 17.0. The highest BCUT2D eigenvalue weighted by Crippen LogP contribution is 2.24. The third-order valence-electron chi connectivity index (χ3n) is 2.78. The van der Waals surface area contributed by atoms with Crippen molar-refractivity contribution in [3.05, 3.63) is 59.7 Å². The highest BCUT2D eigenvalue weighted by molar-refractivity contribution is 6.54. The predicted molar refractivity (Wildman–Crippen MR) is 84.9 cm³/mol. The van der Waals surface area contributed by atoms with Gasteiger partial charge in [-0.2, -0.15) is 0 Å². The average Bonchev–Trinajstić information content (AvgIpc) is 2.51. The van der Waals surface area contributed by atoms with Gasteiger partial charge in [-0.25, -0.2) is 8.78 Å². The Bertz CT molecular complexity index is 717. The second-order valence-electron chi connectivity index (χ2n) is 4.42. The van der Waals surface area contributed by atoms with Gasteiger partial charge in [-0.3, -0.25) is 9.59 Å². The fraction of sp³-hybridized carbons (Fsp3) is 0.0667. The van der Waals surface area contributed by atoms with E-state index >= 15 is 0 Å². The number of hydrogen-bond acceptors (Lipinski definition) is 2. The van der Waals surface area contributed by atoms with E-state index < -0.39 is 34.0 Å². The number of halogens is 4. The number of nitrogens with one attached hydrogen (secondary N) is 2. The van der Waals surface area contributed by atoms with E-state index in [-0.39, 0.29) is 11.3 Å². The van der Waals surface area contributed by atoms with Gasteiger partial charge in [0.25, 0.3) is 11.8 Å². The first-order valence-electron chi connectivity index (χ1n) is 6.33. The lowest BCUT2D eigenvalue weighted by atomic mass is 10.2. The second kappa shape index (κ2) is 7.39. The molecule has 0 heterocycles. The zero-order valence-corrected chi connectivity index (χ0v) is 13.0. The number of carbonyl (C=O) groups is 2. The van der Waals surface area contributed by atoms with Crippen LogP contribution in [-0.2, 0) is 4.79 Å². The molecule has 4 nitrogen and oxygen atoms in total. The molecule has 0 saturated heterocycles. The van der Waals surface area contributed by atoms with Crippen LogP contribution in [0, 0.1) is 11.6 Å². The number of anilines is 2. The summed E-state index contributed by atoms with van der Waals surface area (Å²) in [5.41, 5.74) is -0.546. The lowest BCUT2D eigenvalue weighted by Crippen LogP contribution is -2.19. The Morgan fingerprint density at radius 1 is 0.957 bits per heavy atom. The summed E-state index contributed by atoms with van der Waals surface area (Å²) in [6.07, 6.45) is 0. The van der Waals surface area contributed by atoms with Crippen LogP contribution >= 0.6 is 23.2 Å². The molecule has 0 aromatic heterocycles. The molecule has 2 N–H and O–H groups in total. The van der Waals surface area contributed by atoms with Crippen molar-refractivity contribution in [2.45, 2.75) is 4.84 Å². The molecule has 0 saturated carbocycles. The molecule has 0 fully saturated rings. The molecule has 2 aromatic rings. The van der Waals surface area contributed by atoms with Crippen molar-refractivity contribution in [2.75, 3.05) is 10.6 Å². The Labute approximate surface area is 140 Å². The predicted octanol–water partition coefficient (Wildman–Crippen LogP) is 3.96. The molecular weight excluding hydrogens is 349 g/mol. The van der Waals surface area contributed by atoms with Crippen LogP contribution in [0.4, 0.5) is 20.2 Å². The number of amides is 2. The van der Waals surface area contributed by atoms with E-state index in [4.69, 9.17) is 23.2 Å². The minimum absolute atomic E-state index is 0.172. The van der Waals surface area contributed by atoms with Crippen LogP contribution in [0.1, 0.15) is 10.4 Å². The highest BCUT2D eigenvalue weighted by Gasteiger charge is 2.17. The molecule has 23 heavy (non-hydrogen) atoms. The van der Waals surface area contributed by atoms with E-state index in [0.717, 1.165) is 12.1 Å². The summed E-state index contributed by atoms with van der Waals surface area (Å²) >= 11 is 10.7. The maximum Gasteiger partial charge on any atom is 0.257 e. The second-order valence-corrected chi connectivity index (χ2v) is 5.52. The van der Waals surface area contributed by atoms with Gasteiger partial charge in [0.05, 0.1) is 0 Å².